The number of nitrogens with one attached hydrogen (secondary N) is 1. The van der Waals surface area contributed by atoms with Gasteiger partial charge in [0, 0.05) is 25.7 Å². The fraction of sp³-hybridized carbons (Fsp3) is 0.333. The number of rotatable bonds is 4. The first kappa shape index (κ1) is 20.7. The Morgan fingerprint density at radius 3 is 2.10 bits per heavy atom. The Morgan fingerprint density at radius 1 is 1.00 bits per heavy atom. The number of hydrogen-bond acceptors (Lipinski definition) is 3. The second-order valence-electron chi connectivity index (χ2n) is 6.98. The summed E-state index contributed by atoms with van der Waals surface area (Å²) in [6, 6.07) is 14.3. The van der Waals surface area contributed by atoms with E-state index < -0.39 is 11.8 Å². The Balaban J connectivity index is 1.80. The van der Waals surface area contributed by atoms with Crippen LogP contribution in [0.4, 0.5) is 18.9 Å². The van der Waals surface area contributed by atoms with Crippen molar-refractivity contribution in [3.05, 3.63) is 60.2 Å². The minimum absolute atomic E-state index is 0.0349. The maximum absolute atomic E-state index is 13.3. The van der Waals surface area contributed by atoms with E-state index in [1.165, 1.54) is 19.1 Å². The number of halogens is 3. The summed E-state index contributed by atoms with van der Waals surface area (Å²) in [6.07, 6.45) is -3.86. The van der Waals surface area contributed by atoms with Crippen molar-refractivity contribution in [1.29, 1.82) is 0 Å². The van der Waals surface area contributed by atoms with E-state index in [1.807, 2.05) is 30.3 Å². The summed E-state index contributed by atoms with van der Waals surface area (Å²) >= 11 is 0. The van der Waals surface area contributed by atoms with Gasteiger partial charge in [-0.05, 0) is 42.7 Å². The summed E-state index contributed by atoms with van der Waals surface area (Å²) in [5, 5.41) is 2.81. The minimum Gasteiger partial charge on any atom is -0.406 e. The molecule has 0 atom stereocenters. The smallest absolute Gasteiger partial charge is 0.406 e. The van der Waals surface area contributed by atoms with Gasteiger partial charge in [0.25, 0.3) is 0 Å². The van der Waals surface area contributed by atoms with Crippen LogP contribution in [0, 0.1) is 0 Å². The molecule has 2 aromatic carbocycles. The molecular weight excluding hydrogens is 385 g/mol. The summed E-state index contributed by atoms with van der Waals surface area (Å²) in [6.45, 7) is 2.41. The topological polar surface area (TPSA) is 58.6 Å². The molecule has 0 aromatic heterocycles. The second-order valence-corrected chi connectivity index (χ2v) is 6.98. The van der Waals surface area contributed by atoms with Crippen molar-refractivity contribution in [3.8, 4) is 5.75 Å². The van der Waals surface area contributed by atoms with Gasteiger partial charge in [-0.2, -0.15) is 0 Å². The molecule has 0 unspecified atom stereocenters. The fourth-order valence-corrected chi connectivity index (χ4v) is 3.60. The third-order valence-electron chi connectivity index (χ3n) is 5.17. The first-order valence-electron chi connectivity index (χ1n) is 9.18. The standard InChI is InChI=1S/C21H21F3N2O3/c1-15(27)26-13-11-20(12-14-26,16-5-3-2-4-6-16)19(28)25-17-7-9-18(10-8-17)29-21(22,23)24/h2-10H,11-14H2,1H3,(H,25,28). The zero-order valence-corrected chi connectivity index (χ0v) is 15.8. The van der Waals surface area contributed by atoms with Gasteiger partial charge in [-0.1, -0.05) is 30.3 Å². The number of ether oxygens (including phenoxy) is 1. The molecule has 2 amide bonds. The third kappa shape index (κ3) is 4.88. The van der Waals surface area contributed by atoms with Crippen LogP contribution in [0.5, 0.6) is 5.75 Å². The number of piperidine rings is 1. The molecule has 1 N–H and O–H groups in total. The van der Waals surface area contributed by atoms with E-state index >= 15 is 0 Å². The molecule has 1 saturated heterocycles. The first-order valence-corrected chi connectivity index (χ1v) is 9.18. The highest BCUT2D eigenvalue weighted by molar-refractivity contribution is 5.99. The van der Waals surface area contributed by atoms with E-state index in [4.69, 9.17) is 0 Å². The molecule has 8 heteroatoms. The van der Waals surface area contributed by atoms with E-state index in [0.717, 1.165) is 17.7 Å². The van der Waals surface area contributed by atoms with Crippen LogP contribution in [-0.2, 0) is 15.0 Å². The van der Waals surface area contributed by atoms with Crippen molar-refractivity contribution < 1.29 is 27.5 Å². The molecule has 0 aliphatic carbocycles. The number of benzene rings is 2. The van der Waals surface area contributed by atoms with Crippen molar-refractivity contribution in [2.75, 3.05) is 18.4 Å². The van der Waals surface area contributed by atoms with Gasteiger partial charge in [0.2, 0.25) is 11.8 Å². The molecule has 1 fully saturated rings. The molecule has 1 heterocycles. The largest absolute Gasteiger partial charge is 0.573 e. The van der Waals surface area contributed by atoms with E-state index in [9.17, 15) is 22.8 Å². The van der Waals surface area contributed by atoms with E-state index in [0.29, 0.717) is 31.6 Å². The summed E-state index contributed by atoms with van der Waals surface area (Å²) in [7, 11) is 0. The molecule has 0 radical (unpaired) electrons. The van der Waals surface area contributed by atoms with Crippen molar-refractivity contribution in [2.45, 2.75) is 31.5 Å². The SMILES string of the molecule is CC(=O)N1CCC(C(=O)Nc2ccc(OC(F)(F)F)cc2)(c2ccccc2)CC1. The second kappa shape index (κ2) is 8.14. The molecule has 1 aliphatic heterocycles. The van der Waals surface area contributed by atoms with E-state index in [1.54, 1.807) is 4.90 Å². The predicted octanol–water partition coefficient (Wildman–Crippen LogP) is 4.10. The maximum atomic E-state index is 13.3. The van der Waals surface area contributed by atoms with E-state index in [2.05, 4.69) is 10.1 Å². The number of likely N-dealkylation sites (tertiary alicyclic amines) is 1. The lowest BCUT2D eigenvalue weighted by atomic mass is 9.72. The average molecular weight is 406 g/mol. The number of anilines is 1. The molecule has 154 valence electrons. The van der Waals surface area contributed by atoms with Crippen LogP contribution in [0.2, 0.25) is 0 Å². The van der Waals surface area contributed by atoms with Crippen LogP contribution >= 0.6 is 0 Å². The highest BCUT2D eigenvalue weighted by Crippen LogP contribution is 2.37. The molecule has 29 heavy (non-hydrogen) atoms. The zero-order chi connectivity index (χ0) is 21.1. The Kier molecular flexibility index (Phi) is 5.81. The summed E-state index contributed by atoms with van der Waals surface area (Å²) in [5.74, 6) is -0.647. The lowest BCUT2D eigenvalue weighted by Gasteiger charge is -2.40. The lowest BCUT2D eigenvalue weighted by molar-refractivity contribution is -0.274. The van der Waals surface area contributed by atoms with Crippen LogP contribution in [0.3, 0.4) is 0 Å². The molecule has 2 aromatic rings. The van der Waals surface area contributed by atoms with Crippen LogP contribution < -0.4 is 10.1 Å². The van der Waals surface area contributed by atoms with Crippen LogP contribution in [-0.4, -0.2) is 36.2 Å². The molecule has 0 saturated carbocycles. The number of carbonyl (C=O) groups excluding carboxylic acids is 2. The monoisotopic (exact) mass is 406 g/mol. The highest BCUT2D eigenvalue weighted by atomic mass is 19.4. The van der Waals surface area contributed by atoms with Gasteiger partial charge >= 0.3 is 6.36 Å². The number of nitrogens with zero attached hydrogens (tertiary/aromatic N) is 1. The Bertz CT molecular complexity index is 859. The van der Waals surface area contributed by atoms with Crippen LogP contribution in [0.1, 0.15) is 25.3 Å². The maximum Gasteiger partial charge on any atom is 0.573 e. The molecule has 0 spiro atoms. The number of carbonyl (C=O) groups is 2. The number of alkyl halides is 3. The summed E-state index contributed by atoms with van der Waals surface area (Å²) in [5.41, 5.74) is 0.389. The van der Waals surface area contributed by atoms with Gasteiger partial charge in [-0.25, -0.2) is 0 Å². The van der Waals surface area contributed by atoms with Crippen molar-refractivity contribution in [1.82, 2.24) is 4.90 Å². The first-order chi connectivity index (χ1) is 13.7. The Labute approximate surface area is 166 Å². The normalized spacial score (nSPS) is 16.2. The van der Waals surface area contributed by atoms with Gasteiger partial charge in [0.1, 0.15) is 5.75 Å². The van der Waals surface area contributed by atoms with Crippen molar-refractivity contribution >= 4 is 17.5 Å². The fourth-order valence-electron chi connectivity index (χ4n) is 3.60. The molecule has 1 aliphatic rings. The minimum atomic E-state index is -4.77. The van der Waals surface area contributed by atoms with Gasteiger partial charge in [0.15, 0.2) is 0 Å². The quantitative estimate of drug-likeness (QED) is 0.832. The van der Waals surface area contributed by atoms with Gasteiger partial charge in [0.05, 0.1) is 5.41 Å². The molecular formula is C21H21F3N2O3. The predicted molar refractivity (Wildman–Crippen MR) is 101 cm³/mol. The Morgan fingerprint density at radius 2 is 1.59 bits per heavy atom. The third-order valence-corrected chi connectivity index (χ3v) is 5.17. The van der Waals surface area contributed by atoms with E-state index in [-0.39, 0.29) is 17.6 Å². The zero-order valence-electron chi connectivity index (χ0n) is 15.8. The molecule has 5 nitrogen and oxygen atoms in total. The summed E-state index contributed by atoms with van der Waals surface area (Å²) in [4.78, 5) is 26.6. The molecule has 3 rings (SSSR count). The van der Waals surface area contributed by atoms with Crippen molar-refractivity contribution in [2.24, 2.45) is 0 Å². The van der Waals surface area contributed by atoms with Gasteiger partial charge < -0.3 is 15.0 Å². The van der Waals surface area contributed by atoms with Crippen LogP contribution in [0.25, 0.3) is 0 Å². The lowest BCUT2D eigenvalue weighted by Crippen LogP contribution is -2.50. The van der Waals surface area contributed by atoms with Crippen molar-refractivity contribution in [3.63, 3.8) is 0 Å². The highest BCUT2D eigenvalue weighted by Gasteiger charge is 2.43. The van der Waals surface area contributed by atoms with Gasteiger partial charge in [-0.3, -0.25) is 9.59 Å². The number of hydrogen-bond donors (Lipinski definition) is 1. The van der Waals surface area contributed by atoms with Gasteiger partial charge in [-0.15, -0.1) is 13.2 Å². The summed E-state index contributed by atoms with van der Waals surface area (Å²) < 4.78 is 40.8. The molecule has 0 bridgehead atoms. The van der Waals surface area contributed by atoms with Crippen LogP contribution in [0.15, 0.2) is 54.6 Å². The Hall–Kier alpha value is -3.03. The average Bonchev–Trinajstić information content (AvgIpc) is 2.69. The number of amides is 2.